The third-order valence-electron chi connectivity index (χ3n) is 1.29. The number of nitrogen functional groups attached to an aromatic ring is 1. The zero-order valence-corrected chi connectivity index (χ0v) is 8.13. The molecule has 2 nitrogen and oxygen atoms in total. The van der Waals surface area contributed by atoms with Crippen LogP contribution in [0.4, 0.5) is 5.69 Å². The molecule has 0 amide bonds. The molecule has 1 aromatic rings. The van der Waals surface area contributed by atoms with Gasteiger partial charge in [0.05, 0.1) is 17.4 Å². The maximum Gasteiger partial charge on any atom is 0.0659 e. The molecule has 0 saturated carbocycles. The quantitative estimate of drug-likeness (QED) is 0.584. The summed E-state index contributed by atoms with van der Waals surface area (Å²) in [7, 11) is 0. The van der Waals surface area contributed by atoms with Gasteiger partial charge in [-0.05, 0) is 6.07 Å². The zero-order valence-electron chi connectivity index (χ0n) is 6.55. The summed E-state index contributed by atoms with van der Waals surface area (Å²) in [6.45, 7) is 0. The Balaban J connectivity index is 2.77. The Bertz CT molecular complexity index is 312. The number of hydrogen-bond acceptors (Lipinski definition) is 2. The summed E-state index contributed by atoms with van der Waals surface area (Å²) in [5, 5.41) is 0.894. The standard InChI is InChI=1S/C9H9BrN2/c10-5-2-1-3-8-4-6-12-7-9(8)11/h4,6-7H,2,5,11H2. The lowest BCUT2D eigenvalue weighted by molar-refractivity contribution is 1.31. The molecule has 0 fully saturated rings. The van der Waals surface area contributed by atoms with Crippen molar-refractivity contribution in [2.45, 2.75) is 6.42 Å². The number of nitrogens with two attached hydrogens (primary N) is 1. The van der Waals surface area contributed by atoms with E-state index < -0.39 is 0 Å². The van der Waals surface area contributed by atoms with Crippen molar-refractivity contribution in [3.63, 3.8) is 0 Å². The molecule has 0 saturated heterocycles. The van der Waals surface area contributed by atoms with Crippen LogP contribution in [-0.4, -0.2) is 10.3 Å². The van der Waals surface area contributed by atoms with Crippen LogP contribution in [0, 0.1) is 11.8 Å². The van der Waals surface area contributed by atoms with E-state index in [0.29, 0.717) is 5.69 Å². The van der Waals surface area contributed by atoms with Crippen molar-refractivity contribution in [3.05, 3.63) is 24.0 Å². The van der Waals surface area contributed by atoms with Crippen LogP contribution in [0.15, 0.2) is 18.5 Å². The van der Waals surface area contributed by atoms with Crippen LogP contribution in [0.25, 0.3) is 0 Å². The Hall–Kier alpha value is -1.01. The molecule has 0 atom stereocenters. The number of aromatic nitrogens is 1. The molecule has 62 valence electrons. The van der Waals surface area contributed by atoms with Crippen molar-refractivity contribution in [2.24, 2.45) is 0 Å². The molecule has 0 aromatic carbocycles. The molecule has 0 aliphatic carbocycles. The highest BCUT2D eigenvalue weighted by Gasteiger charge is 1.90. The van der Waals surface area contributed by atoms with Crippen molar-refractivity contribution in [1.29, 1.82) is 0 Å². The van der Waals surface area contributed by atoms with E-state index in [1.54, 1.807) is 12.4 Å². The Morgan fingerprint density at radius 2 is 2.42 bits per heavy atom. The summed E-state index contributed by atoms with van der Waals surface area (Å²) in [6, 6.07) is 1.82. The van der Waals surface area contributed by atoms with Gasteiger partial charge in [0.25, 0.3) is 0 Å². The number of anilines is 1. The van der Waals surface area contributed by atoms with Crippen LogP contribution in [0.5, 0.6) is 0 Å². The molecule has 12 heavy (non-hydrogen) atoms. The molecule has 1 aromatic heterocycles. The third-order valence-corrected chi connectivity index (χ3v) is 1.69. The molecule has 0 aliphatic rings. The molecule has 0 bridgehead atoms. The number of alkyl halides is 1. The van der Waals surface area contributed by atoms with Gasteiger partial charge in [-0.2, -0.15) is 0 Å². The molecule has 0 aliphatic heterocycles. The van der Waals surface area contributed by atoms with E-state index in [-0.39, 0.29) is 0 Å². The molecule has 0 unspecified atom stereocenters. The average Bonchev–Trinajstić information content (AvgIpc) is 2.09. The second-order valence-electron chi connectivity index (χ2n) is 2.20. The average molecular weight is 225 g/mol. The maximum atomic E-state index is 5.63. The minimum atomic E-state index is 0.638. The van der Waals surface area contributed by atoms with Crippen molar-refractivity contribution >= 4 is 21.6 Å². The molecular formula is C9H9BrN2. The highest BCUT2D eigenvalue weighted by molar-refractivity contribution is 9.09. The monoisotopic (exact) mass is 224 g/mol. The van der Waals surface area contributed by atoms with Gasteiger partial charge in [-0.15, -0.1) is 0 Å². The van der Waals surface area contributed by atoms with E-state index in [0.717, 1.165) is 17.3 Å². The summed E-state index contributed by atoms with van der Waals surface area (Å²) in [5.41, 5.74) is 7.12. The fourth-order valence-electron chi connectivity index (χ4n) is 0.725. The largest absolute Gasteiger partial charge is 0.396 e. The summed E-state index contributed by atoms with van der Waals surface area (Å²) >= 11 is 3.30. The van der Waals surface area contributed by atoms with E-state index in [1.165, 1.54) is 0 Å². The highest BCUT2D eigenvalue weighted by Crippen LogP contribution is 2.05. The van der Waals surface area contributed by atoms with Crippen LogP contribution in [0.3, 0.4) is 0 Å². The first kappa shape index (κ1) is 9.08. The number of pyridine rings is 1. The summed E-state index contributed by atoms with van der Waals surface area (Å²) < 4.78 is 0. The van der Waals surface area contributed by atoms with Gasteiger partial charge in [0, 0.05) is 17.9 Å². The fraction of sp³-hybridized carbons (Fsp3) is 0.222. The predicted molar refractivity (Wildman–Crippen MR) is 53.9 cm³/mol. The smallest absolute Gasteiger partial charge is 0.0659 e. The van der Waals surface area contributed by atoms with Gasteiger partial charge in [0.15, 0.2) is 0 Å². The van der Waals surface area contributed by atoms with Crippen LogP contribution in [-0.2, 0) is 0 Å². The van der Waals surface area contributed by atoms with Crippen LogP contribution in [0.2, 0.25) is 0 Å². The Morgan fingerprint density at radius 3 is 3.08 bits per heavy atom. The van der Waals surface area contributed by atoms with E-state index in [4.69, 9.17) is 5.73 Å². The van der Waals surface area contributed by atoms with Gasteiger partial charge in [0.2, 0.25) is 0 Å². The van der Waals surface area contributed by atoms with E-state index in [1.807, 2.05) is 6.07 Å². The molecule has 1 rings (SSSR count). The number of hydrogen-bond donors (Lipinski definition) is 1. The van der Waals surface area contributed by atoms with Gasteiger partial charge >= 0.3 is 0 Å². The van der Waals surface area contributed by atoms with E-state index in [9.17, 15) is 0 Å². The van der Waals surface area contributed by atoms with Crippen molar-refractivity contribution in [1.82, 2.24) is 4.98 Å². The molecule has 0 radical (unpaired) electrons. The van der Waals surface area contributed by atoms with Crippen LogP contribution in [0.1, 0.15) is 12.0 Å². The van der Waals surface area contributed by atoms with Gasteiger partial charge in [-0.1, -0.05) is 27.8 Å². The number of halogens is 1. The second-order valence-corrected chi connectivity index (χ2v) is 3.00. The first-order chi connectivity index (χ1) is 5.84. The second kappa shape index (κ2) is 4.78. The van der Waals surface area contributed by atoms with Gasteiger partial charge in [-0.3, -0.25) is 4.98 Å². The lowest BCUT2D eigenvalue weighted by atomic mass is 10.2. The SMILES string of the molecule is Nc1cnccc1C#CCCBr. The molecular weight excluding hydrogens is 216 g/mol. The maximum absolute atomic E-state index is 5.63. The van der Waals surface area contributed by atoms with Crippen molar-refractivity contribution in [2.75, 3.05) is 11.1 Å². The van der Waals surface area contributed by atoms with Gasteiger partial charge in [0.1, 0.15) is 0 Å². The lowest BCUT2D eigenvalue weighted by Crippen LogP contribution is -1.90. The lowest BCUT2D eigenvalue weighted by Gasteiger charge is -1.93. The van der Waals surface area contributed by atoms with Gasteiger partial charge < -0.3 is 5.73 Å². The Morgan fingerprint density at radius 1 is 1.58 bits per heavy atom. The zero-order chi connectivity index (χ0) is 8.81. The topological polar surface area (TPSA) is 38.9 Å². The van der Waals surface area contributed by atoms with Crippen molar-refractivity contribution in [3.8, 4) is 11.8 Å². The predicted octanol–water partition coefficient (Wildman–Crippen LogP) is 1.80. The Labute approximate surface area is 80.3 Å². The fourth-order valence-corrected chi connectivity index (χ4v) is 0.924. The minimum Gasteiger partial charge on any atom is -0.396 e. The van der Waals surface area contributed by atoms with E-state index in [2.05, 4.69) is 32.8 Å². The Kier molecular flexibility index (Phi) is 3.62. The summed E-state index contributed by atoms with van der Waals surface area (Å²) in [5.74, 6) is 5.96. The molecule has 2 N–H and O–H groups in total. The highest BCUT2D eigenvalue weighted by atomic mass is 79.9. The first-order valence-electron chi connectivity index (χ1n) is 3.59. The molecule has 3 heteroatoms. The molecule has 0 spiro atoms. The van der Waals surface area contributed by atoms with Crippen molar-refractivity contribution < 1.29 is 0 Å². The molecule has 1 heterocycles. The van der Waals surface area contributed by atoms with E-state index >= 15 is 0 Å². The van der Waals surface area contributed by atoms with Gasteiger partial charge in [-0.25, -0.2) is 0 Å². The normalized spacial score (nSPS) is 8.75. The summed E-state index contributed by atoms with van der Waals surface area (Å²) in [6.07, 6.45) is 4.13. The van der Waals surface area contributed by atoms with Crippen LogP contribution < -0.4 is 5.73 Å². The minimum absolute atomic E-state index is 0.638. The summed E-state index contributed by atoms with van der Waals surface area (Å²) in [4.78, 5) is 3.87. The first-order valence-corrected chi connectivity index (χ1v) is 4.71. The van der Waals surface area contributed by atoms with Crippen LogP contribution >= 0.6 is 15.9 Å². The third kappa shape index (κ3) is 2.55. The number of nitrogens with zero attached hydrogens (tertiary/aromatic N) is 1. The number of rotatable bonds is 1.